The maximum Gasteiger partial charge on any atom is 0.134 e. The Morgan fingerprint density at radius 2 is 2.05 bits per heavy atom. The van der Waals surface area contributed by atoms with Crippen LogP contribution in [0, 0.1) is 0 Å². The standard InChI is InChI=1S/C15H13N3S/c1-2-4-14-11(3-1)12(9-19-14)13-5-6-17-15(18-13)10-7-16-8-10/h1-6,9-10,16H,7-8H2. The van der Waals surface area contributed by atoms with E-state index in [9.17, 15) is 0 Å². The van der Waals surface area contributed by atoms with Crippen LogP contribution in [0.15, 0.2) is 41.9 Å². The Balaban J connectivity index is 1.83. The van der Waals surface area contributed by atoms with Crippen molar-refractivity contribution in [3.8, 4) is 11.3 Å². The molecule has 0 unspecified atom stereocenters. The monoisotopic (exact) mass is 267 g/mol. The molecule has 1 aliphatic heterocycles. The number of thiophene rings is 1. The van der Waals surface area contributed by atoms with Crippen LogP contribution >= 0.6 is 11.3 Å². The van der Waals surface area contributed by atoms with Crippen LogP contribution in [-0.4, -0.2) is 23.1 Å². The van der Waals surface area contributed by atoms with Crippen molar-refractivity contribution in [2.24, 2.45) is 0 Å². The molecule has 0 aliphatic carbocycles. The molecule has 0 amide bonds. The van der Waals surface area contributed by atoms with Gasteiger partial charge in [-0.05, 0) is 12.1 Å². The molecule has 1 aliphatic rings. The molecule has 1 fully saturated rings. The lowest BCUT2D eigenvalue weighted by Crippen LogP contribution is -2.40. The predicted octanol–water partition coefficient (Wildman–Crippen LogP) is 3.05. The lowest BCUT2D eigenvalue weighted by molar-refractivity contribution is 0.430. The molecular formula is C15H13N3S. The number of nitrogens with one attached hydrogen (secondary N) is 1. The zero-order valence-electron chi connectivity index (χ0n) is 10.3. The number of benzene rings is 1. The first kappa shape index (κ1) is 11.1. The fourth-order valence-corrected chi connectivity index (χ4v) is 3.32. The normalized spacial score (nSPS) is 15.6. The van der Waals surface area contributed by atoms with Gasteiger partial charge in [-0.15, -0.1) is 11.3 Å². The Morgan fingerprint density at radius 3 is 2.89 bits per heavy atom. The molecule has 0 atom stereocenters. The van der Waals surface area contributed by atoms with E-state index in [-0.39, 0.29) is 0 Å². The van der Waals surface area contributed by atoms with Crippen molar-refractivity contribution >= 4 is 21.4 Å². The van der Waals surface area contributed by atoms with Crippen LogP contribution < -0.4 is 5.32 Å². The van der Waals surface area contributed by atoms with Crippen molar-refractivity contribution in [3.05, 3.63) is 47.7 Å². The molecule has 0 saturated carbocycles. The summed E-state index contributed by atoms with van der Waals surface area (Å²) in [7, 11) is 0. The first-order chi connectivity index (χ1) is 9.42. The van der Waals surface area contributed by atoms with Crippen molar-refractivity contribution in [2.45, 2.75) is 5.92 Å². The number of hydrogen-bond acceptors (Lipinski definition) is 4. The second-order valence-electron chi connectivity index (χ2n) is 4.80. The van der Waals surface area contributed by atoms with Crippen molar-refractivity contribution in [1.82, 2.24) is 15.3 Å². The van der Waals surface area contributed by atoms with Gasteiger partial charge in [-0.3, -0.25) is 0 Å². The molecule has 1 aromatic carbocycles. The minimum atomic E-state index is 0.477. The molecule has 1 saturated heterocycles. The van der Waals surface area contributed by atoms with Gasteiger partial charge in [-0.25, -0.2) is 9.97 Å². The van der Waals surface area contributed by atoms with Gasteiger partial charge < -0.3 is 5.32 Å². The molecule has 0 spiro atoms. The molecule has 94 valence electrons. The number of hydrogen-bond donors (Lipinski definition) is 1. The summed E-state index contributed by atoms with van der Waals surface area (Å²) < 4.78 is 1.31. The van der Waals surface area contributed by atoms with E-state index < -0.39 is 0 Å². The van der Waals surface area contributed by atoms with Gasteiger partial charge in [-0.2, -0.15) is 0 Å². The number of nitrogens with zero attached hydrogens (tertiary/aromatic N) is 2. The van der Waals surface area contributed by atoms with Crippen molar-refractivity contribution in [1.29, 1.82) is 0 Å². The summed E-state index contributed by atoms with van der Waals surface area (Å²) in [5, 5.41) is 6.74. The average Bonchev–Trinajstić information content (AvgIpc) is 2.81. The Hall–Kier alpha value is -1.78. The highest BCUT2D eigenvalue weighted by molar-refractivity contribution is 7.17. The molecule has 4 rings (SSSR count). The molecule has 0 radical (unpaired) electrons. The van der Waals surface area contributed by atoms with Crippen molar-refractivity contribution in [3.63, 3.8) is 0 Å². The third kappa shape index (κ3) is 1.84. The van der Waals surface area contributed by atoms with E-state index in [0.29, 0.717) is 5.92 Å². The molecule has 1 N–H and O–H groups in total. The number of fused-ring (bicyclic) bond motifs is 1. The summed E-state index contributed by atoms with van der Waals surface area (Å²) >= 11 is 1.77. The second kappa shape index (κ2) is 4.40. The molecule has 0 bridgehead atoms. The lowest BCUT2D eigenvalue weighted by Gasteiger charge is -2.25. The van der Waals surface area contributed by atoms with Gasteiger partial charge in [0.05, 0.1) is 5.69 Å². The minimum absolute atomic E-state index is 0.477. The molecule has 3 nitrogen and oxygen atoms in total. The number of rotatable bonds is 2. The minimum Gasteiger partial charge on any atom is -0.315 e. The highest BCUT2D eigenvalue weighted by atomic mass is 32.1. The molecule has 3 heterocycles. The van der Waals surface area contributed by atoms with Gasteiger partial charge in [0, 0.05) is 46.2 Å². The van der Waals surface area contributed by atoms with E-state index in [2.05, 4.69) is 39.9 Å². The third-order valence-electron chi connectivity index (χ3n) is 3.58. The summed E-state index contributed by atoms with van der Waals surface area (Å²) in [6.45, 7) is 1.99. The highest BCUT2D eigenvalue weighted by Crippen LogP contribution is 2.33. The smallest absolute Gasteiger partial charge is 0.134 e. The van der Waals surface area contributed by atoms with Crippen LogP contribution in [0.3, 0.4) is 0 Å². The largest absolute Gasteiger partial charge is 0.315 e. The van der Waals surface area contributed by atoms with Gasteiger partial charge in [0.1, 0.15) is 5.82 Å². The maximum atomic E-state index is 4.74. The zero-order chi connectivity index (χ0) is 12.7. The van der Waals surface area contributed by atoms with E-state index in [1.165, 1.54) is 15.6 Å². The Bertz CT molecular complexity index is 731. The van der Waals surface area contributed by atoms with Gasteiger partial charge in [0.2, 0.25) is 0 Å². The van der Waals surface area contributed by atoms with E-state index in [1.807, 2.05) is 12.3 Å². The Kier molecular flexibility index (Phi) is 2.57. The molecular weight excluding hydrogens is 254 g/mol. The summed E-state index contributed by atoms with van der Waals surface area (Å²) in [5.41, 5.74) is 2.26. The van der Waals surface area contributed by atoms with Gasteiger partial charge >= 0.3 is 0 Å². The van der Waals surface area contributed by atoms with Gasteiger partial charge in [0.25, 0.3) is 0 Å². The molecule has 3 aromatic rings. The highest BCUT2D eigenvalue weighted by Gasteiger charge is 2.22. The van der Waals surface area contributed by atoms with E-state index >= 15 is 0 Å². The van der Waals surface area contributed by atoms with E-state index in [0.717, 1.165) is 24.6 Å². The van der Waals surface area contributed by atoms with Crippen LogP contribution in [0.2, 0.25) is 0 Å². The van der Waals surface area contributed by atoms with Crippen molar-refractivity contribution in [2.75, 3.05) is 13.1 Å². The Morgan fingerprint density at radius 1 is 1.16 bits per heavy atom. The van der Waals surface area contributed by atoms with Crippen LogP contribution in [0.25, 0.3) is 21.3 Å². The summed E-state index contributed by atoms with van der Waals surface area (Å²) in [4.78, 5) is 9.15. The van der Waals surface area contributed by atoms with Crippen LogP contribution in [0.5, 0.6) is 0 Å². The quantitative estimate of drug-likeness (QED) is 0.775. The molecule has 4 heteroatoms. The molecule has 2 aromatic heterocycles. The predicted molar refractivity (Wildman–Crippen MR) is 78.5 cm³/mol. The average molecular weight is 267 g/mol. The number of aromatic nitrogens is 2. The summed E-state index contributed by atoms with van der Waals surface area (Å²) in [5.74, 6) is 1.44. The first-order valence-electron chi connectivity index (χ1n) is 6.42. The maximum absolute atomic E-state index is 4.74. The second-order valence-corrected chi connectivity index (χ2v) is 5.71. The van der Waals surface area contributed by atoms with Crippen molar-refractivity contribution < 1.29 is 0 Å². The van der Waals surface area contributed by atoms with E-state index in [4.69, 9.17) is 4.98 Å². The van der Waals surface area contributed by atoms with Crippen LogP contribution in [0.1, 0.15) is 11.7 Å². The Labute approximate surface area is 115 Å². The van der Waals surface area contributed by atoms with Crippen LogP contribution in [-0.2, 0) is 0 Å². The van der Waals surface area contributed by atoms with Gasteiger partial charge in [0.15, 0.2) is 0 Å². The SMILES string of the molecule is c1ccc2c(-c3ccnc(C4CNC4)n3)csc2c1. The lowest BCUT2D eigenvalue weighted by atomic mass is 10.0. The summed E-state index contributed by atoms with van der Waals surface area (Å²) in [6, 6.07) is 10.5. The van der Waals surface area contributed by atoms with Gasteiger partial charge in [-0.1, -0.05) is 18.2 Å². The zero-order valence-corrected chi connectivity index (χ0v) is 11.2. The van der Waals surface area contributed by atoms with E-state index in [1.54, 1.807) is 11.3 Å². The fourth-order valence-electron chi connectivity index (χ4n) is 2.37. The summed E-state index contributed by atoms with van der Waals surface area (Å²) in [6.07, 6.45) is 1.88. The third-order valence-corrected chi connectivity index (χ3v) is 4.54. The first-order valence-corrected chi connectivity index (χ1v) is 7.30. The van der Waals surface area contributed by atoms with Crippen LogP contribution in [0.4, 0.5) is 0 Å². The topological polar surface area (TPSA) is 37.8 Å². The molecule has 19 heavy (non-hydrogen) atoms. The fraction of sp³-hybridized carbons (Fsp3) is 0.200.